The second kappa shape index (κ2) is 5.25. The second-order valence-corrected chi connectivity index (χ2v) is 4.67. The van der Waals surface area contributed by atoms with Crippen molar-refractivity contribution in [3.63, 3.8) is 0 Å². The number of rotatable bonds is 4. The molecule has 0 saturated carbocycles. The number of benzene rings is 1. The highest BCUT2D eigenvalue weighted by Crippen LogP contribution is 2.12. The van der Waals surface area contributed by atoms with Gasteiger partial charge in [-0.3, -0.25) is 5.10 Å². The van der Waals surface area contributed by atoms with Gasteiger partial charge in [-0.05, 0) is 24.1 Å². The van der Waals surface area contributed by atoms with E-state index in [9.17, 15) is 0 Å². The van der Waals surface area contributed by atoms with Crippen LogP contribution in [0.5, 0.6) is 0 Å². The number of hydrogen-bond acceptors (Lipinski definition) is 2. The maximum absolute atomic E-state index is 4.44. The van der Waals surface area contributed by atoms with Gasteiger partial charge in [-0.15, -0.1) is 0 Å². The van der Waals surface area contributed by atoms with Crippen molar-refractivity contribution < 1.29 is 0 Å². The van der Waals surface area contributed by atoms with Crippen LogP contribution in [0, 0.1) is 0 Å². The summed E-state index contributed by atoms with van der Waals surface area (Å²) in [4.78, 5) is 4.44. The smallest absolute Gasteiger partial charge is 0.150 e. The molecule has 0 aliphatic carbocycles. The first kappa shape index (κ1) is 11.3. The predicted octanol–water partition coefficient (Wildman–Crippen LogP) is 3.11. The Kier molecular flexibility index (Phi) is 3.72. The van der Waals surface area contributed by atoms with Gasteiger partial charge in [0.15, 0.2) is 5.82 Å². The van der Waals surface area contributed by atoms with E-state index in [4.69, 9.17) is 0 Å². The zero-order valence-electron chi connectivity index (χ0n) is 9.20. The molecule has 16 heavy (non-hydrogen) atoms. The molecule has 0 fully saturated rings. The fourth-order valence-corrected chi connectivity index (χ4v) is 1.81. The lowest BCUT2D eigenvalue weighted by Crippen LogP contribution is -1.91. The molecule has 1 heterocycles. The Hall–Kier alpha value is -1.16. The third-order valence-electron chi connectivity index (χ3n) is 2.34. The molecule has 0 spiro atoms. The van der Waals surface area contributed by atoms with Gasteiger partial charge in [0, 0.05) is 17.3 Å². The van der Waals surface area contributed by atoms with Crippen LogP contribution in [-0.4, -0.2) is 15.2 Å². The summed E-state index contributed by atoms with van der Waals surface area (Å²) in [6, 6.07) is 8.26. The first-order valence-electron chi connectivity index (χ1n) is 5.42. The van der Waals surface area contributed by atoms with Crippen molar-refractivity contribution in [2.45, 2.75) is 26.2 Å². The molecule has 2 aromatic rings. The fourth-order valence-electron chi connectivity index (χ4n) is 1.54. The minimum absolute atomic E-state index is 0.810. The van der Waals surface area contributed by atoms with Crippen LogP contribution < -0.4 is 0 Å². The van der Waals surface area contributed by atoms with E-state index in [-0.39, 0.29) is 0 Å². The van der Waals surface area contributed by atoms with Crippen molar-refractivity contribution in [2.24, 2.45) is 0 Å². The van der Waals surface area contributed by atoms with Crippen molar-refractivity contribution in [1.29, 1.82) is 0 Å². The average Bonchev–Trinajstić information content (AvgIpc) is 2.70. The molecule has 0 amide bonds. The van der Waals surface area contributed by atoms with Crippen LogP contribution >= 0.6 is 15.9 Å². The van der Waals surface area contributed by atoms with Crippen molar-refractivity contribution in [1.82, 2.24) is 15.2 Å². The van der Waals surface area contributed by atoms with Gasteiger partial charge in [0.1, 0.15) is 5.82 Å². The number of H-pyrrole nitrogens is 1. The van der Waals surface area contributed by atoms with E-state index in [1.807, 2.05) is 12.1 Å². The summed E-state index contributed by atoms with van der Waals surface area (Å²) in [7, 11) is 0. The van der Waals surface area contributed by atoms with E-state index in [0.717, 1.165) is 35.4 Å². The summed E-state index contributed by atoms with van der Waals surface area (Å²) in [5.74, 6) is 1.85. The Morgan fingerprint density at radius 1 is 1.25 bits per heavy atom. The minimum atomic E-state index is 0.810. The minimum Gasteiger partial charge on any atom is -0.263 e. The molecule has 4 heteroatoms. The first-order valence-corrected chi connectivity index (χ1v) is 6.22. The van der Waals surface area contributed by atoms with Crippen LogP contribution in [0.15, 0.2) is 28.7 Å². The Balaban J connectivity index is 2.05. The summed E-state index contributed by atoms with van der Waals surface area (Å²) < 4.78 is 1.10. The predicted molar refractivity (Wildman–Crippen MR) is 67.3 cm³/mol. The maximum atomic E-state index is 4.44. The molecule has 1 N–H and O–H groups in total. The summed E-state index contributed by atoms with van der Waals surface area (Å²) in [5, 5.41) is 7.16. The molecule has 0 aliphatic rings. The van der Waals surface area contributed by atoms with Crippen LogP contribution in [0.1, 0.15) is 30.6 Å². The lowest BCUT2D eigenvalue weighted by molar-refractivity contribution is 0.841. The molecule has 2 rings (SSSR count). The molecule has 0 unspecified atom stereocenters. The van der Waals surface area contributed by atoms with E-state index in [2.05, 4.69) is 50.2 Å². The molecule has 1 aromatic heterocycles. The standard InChI is InChI=1S/C12H14BrN3/c1-2-3-11-14-12(16-15-11)8-9-4-6-10(13)7-5-9/h4-7H,2-3,8H2,1H3,(H,14,15,16). The highest BCUT2D eigenvalue weighted by Gasteiger charge is 2.03. The van der Waals surface area contributed by atoms with Gasteiger partial charge in [-0.25, -0.2) is 4.98 Å². The fraction of sp³-hybridized carbons (Fsp3) is 0.333. The lowest BCUT2D eigenvalue weighted by atomic mass is 10.1. The molecule has 0 radical (unpaired) electrons. The number of aromatic nitrogens is 3. The van der Waals surface area contributed by atoms with E-state index < -0.39 is 0 Å². The van der Waals surface area contributed by atoms with Crippen molar-refractivity contribution in [3.8, 4) is 0 Å². The van der Waals surface area contributed by atoms with E-state index >= 15 is 0 Å². The van der Waals surface area contributed by atoms with Crippen LogP contribution in [-0.2, 0) is 12.8 Å². The molecule has 0 aliphatic heterocycles. The van der Waals surface area contributed by atoms with E-state index in [0.29, 0.717) is 0 Å². The van der Waals surface area contributed by atoms with Gasteiger partial charge >= 0.3 is 0 Å². The van der Waals surface area contributed by atoms with E-state index in [1.54, 1.807) is 0 Å². The van der Waals surface area contributed by atoms with Gasteiger partial charge in [0.25, 0.3) is 0 Å². The number of aromatic amines is 1. The summed E-state index contributed by atoms with van der Waals surface area (Å²) in [6.07, 6.45) is 2.83. The normalized spacial score (nSPS) is 10.6. The first-order chi connectivity index (χ1) is 7.78. The van der Waals surface area contributed by atoms with Crippen molar-refractivity contribution >= 4 is 15.9 Å². The molecule has 3 nitrogen and oxygen atoms in total. The van der Waals surface area contributed by atoms with Crippen molar-refractivity contribution in [3.05, 3.63) is 46.0 Å². The molecular formula is C12H14BrN3. The molecule has 0 saturated heterocycles. The Morgan fingerprint density at radius 3 is 2.69 bits per heavy atom. The van der Waals surface area contributed by atoms with Gasteiger partial charge in [0.05, 0.1) is 0 Å². The van der Waals surface area contributed by atoms with Gasteiger partial charge in [-0.1, -0.05) is 35.0 Å². The number of nitrogens with zero attached hydrogens (tertiary/aromatic N) is 2. The third-order valence-corrected chi connectivity index (χ3v) is 2.87. The monoisotopic (exact) mass is 279 g/mol. The zero-order valence-corrected chi connectivity index (χ0v) is 10.8. The summed E-state index contributed by atoms with van der Waals surface area (Å²) in [6.45, 7) is 2.13. The van der Waals surface area contributed by atoms with Crippen LogP contribution in [0.25, 0.3) is 0 Å². The Morgan fingerprint density at radius 2 is 2.00 bits per heavy atom. The second-order valence-electron chi connectivity index (χ2n) is 3.75. The zero-order chi connectivity index (χ0) is 11.4. The largest absolute Gasteiger partial charge is 0.263 e. The average molecular weight is 280 g/mol. The number of aryl methyl sites for hydroxylation is 1. The Bertz CT molecular complexity index is 448. The van der Waals surface area contributed by atoms with Gasteiger partial charge in [-0.2, -0.15) is 5.10 Å². The van der Waals surface area contributed by atoms with Gasteiger partial charge in [0.2, 0.25) is 0 Å². The molecular weight excluding hydrogens is 266 g/mol. The molecule has 84 valence electrons. The third kappa shape index (κ3) is 2.92. The lowest BCUT2D eigenvalue weighted by Gasteiger charge is -1.97. The summed E-state index contributed by atoms with van der Waals surface area (Å²) >= 11 is 3.42. The molecule has 0 atom stereocenters. The van der Waals surface area contributed by atoms with Crippen LogP contribution in [0.3, 0.4) is 0 Å². The molecule has 0 bridgehead atoms. The topological polar surface area (TPSA) is 41.6 Å². The van der Waals surface area contributed by atoms with E-state index in [1.165, 1.54) is 5.56 Å². The quantitative estimate of drug-likeness (QED) is 0.935. The highest BCUT2D eigenvalue weighted by atomic mass is 79.9. The highest BCUT2D eigenvalue weighted by molar-refractivity contribution is 9.10. The number of hydrogen-bond donors (Lipinski definition) is 1. The summed E-state index contributed by atoms with van der Waals surface area (Å²) in [5.41, 5.74) is 1.24. The van der Waals surface area contributed by atoms with Crippen molar-refractivity contribution in [2.75, 3.05) is 0 Å². The van der Waals surface area contributed by atoms with Crippen LogP contribution in [0.2, 0.25) is 0 Å². The number of nitrogens with one attached hydrogen (secondary N) is 1. The molecule has 1 aromatic carbocycles. The SMILES string of the molecule is CCCc1n[nH]c(Cc2ccc(Br)cc2)n1. The van der Waals surface area contributed by atoms with Crippen LogP contribution in [0.4, 0.5) is 0 Å². The number of halogens is 1. The maximum Gasteiger partial charge on any atom is 0.150 e. The Labute approximate surface area is 103 Å². The van der Waals surface area contributed by atoms with Gasteiger partial charge < -0.3 is 0 Å².